The maximum atomic E-state index is 13.2. The number of carbonyl (C=O) groups excluding carboxylic acids is 2. The summed E-state index contributed by atoms with van der Waals surface area (Å²) < 4.78 is 33.6. The summed E-state index contributed by atoms with van der Waals surface area (Å²) in [6.45, 7) is 2.00. The lowest BCUT2D eigenvalue weighted by Crippen LogP contribution is -2.43. The molecule has 3 rings (SSSR count). The molecule has 1 aliphatic rings. The van der Waals surface area contributed by atoms with E-state index in [2.05, 4.69) is 10.1 Å². The molecule has 0 bridgehead atoms. The van der Waals surface area contributed by atoms with Gasteiger partial charge in [-0.15, -0.1) is 0 Å². The fourth-order valence-corrected chi connectivity index (χ4v) is 5.27. The minimum atomic E-state index is -3.97. The van der Waals surface area contributed by atoms with Crippen LogP contribution in [0, 0.1) is 6.92 Å². The monoisotopic (exact) mass is 439 g/mol. The minimum Gasteiger partial charge on any atom is -0.464 e. The number of aromatic nitrogens is 1. The fraction of sp³-hybridized carbons (Fsp3) is 0.368. The van der Waals surface area contributed by atoms with Crippen molar-refractivity contribution >= 4 is 39.2 Å². The Kier molecular flexibility index (Phi) is 6.02. The van der Waals surface area contributed by atoms with Crippen LogP contribution in [0.2, 0.25) is 5.02 Å². The van der Waals surface area contributed by atoms with Crippen molar-refractivity contribution in [3.63, 3.8) is 0 Å². The highest BCUT2D eigenvalue weighted by Gasteiger charge is 2.40. The van der Waals surface area contributed by atoms with E-state index in [0.717, 1.165) is 0 Å². The van der Waals surface area contributed by atoms with Gasteiger partial charge < -0.3 is 14.6 Å². The number of sulfonamides is 1. The summed E-state index contributed by atoms with van der Waals surface area (Å²) >= 11 is 6.10. The van der Waals surface area contributed by atoms with Gasteiger partial charge in [0.1, 0.15) is 16.6 Å². The summed E-state index contributed by atoms with van der Waals surface area (Å²) in [4.78, 5) is 24.6. The van der Waals surface area contributed by atoms with Gasteiger partial charge in [0, 0.05) is 30.5 Å². The first-order valence-electron chi connectivity index (χ1n) is 8.99. The number of hydrogen-bond acceptors (Lipinski definition) is 5. The molecule has 1 saturated heterocycles. The van der Waals surface area contributed by atoms with E-state index in [-0.39, 0.29) is 17.1 Å². The summed E-state index contributed by atoms with van der Waals surface area (Å²) in [6.07, 6.45) is 2.31. The number of hydrogen-bond donors (Lipinski definition) is 1. The number of amides is 1. The van der Waals surface area contributed by atoms with Gasteiger partial charge in [-0.2, -0.15) is 4.31 Å². The van der Waals surface area contributed by atoms with Crippen LogP contribution in [0.15, 0.2) is 35.4 Å². The Hall–Kier alpha value is -2.36. The van der Waals surface area contributed by atoms with E-state index in [9.17, 15) is 18.0 Å². The lowest BCUT2D eigenvalue weighted by atomic mass is 10.1. The van der Waals surface area contributed by atoms with Crippen molar-refractivity contribution in [2.45, 2.75) is 30.7 Å². The molecular weight excluding hydrogens is 418 g/mol. The smallest absolute Gasteiger partial charge is 0.354 e. The molecule has 10 heteroatoms. The van der Waals surface area contributed by atoms with E-state index < -0.39 is 27.9 Å². The van der Waals surface area contributed by atoms with E-state index in [4.69, 9.17) is 11.6 Å². The molecule has 1 fully saturated rings. The Morgan fingerprint density at radius 3 is 2.72 bits per heavy atom. The van der Waals surface area contributed by atoms with Crippen LogP contribution >= 0.6 is 11.6 Å². The predicted molar refractivity (Wildman–Crippen MR) is 108 cm³/mol. The number of benzene rings is 1. The molecule has 29 heavy (non-hydrogen) atoms. The van der Waals surface area contributed by atoms with Crippen LogP contribution in [-0.4, -0.2) is 48.9 Å². The molecule has 2 heterocycles. The molecule has 1 amide bonds. The first-order chi connectivity index (χ1) is 13.7. The van der Waals surface area contributed by atoms with Gasteiger partial charge in [0.2, 0.25) is 15.9 Å². The molecule has 156 valence electrons. The number of carbonyl (C=O) groups is 2. The van der Waals surface area contributed by atoms with E-state index in [1.165, 1.54) is 28.2 Å². The maximum absolute atomic E-state index is 13.2. The highest BCUT2D eigenvalue weighted by atomic mass is 35.5. The topological polar surface area (TPSA) is 97.7 Å². The molecular formula is C19H22ClN3O5S. The lowest BCUT2D eigenvalue weighted by Gasteiger charge is -2.23. The van der Waals surface area contributed by atoms with Gasteiger partial charge in [-0.05, 0) is 43.5 Å². The van der Waals surface area contributed by atoms with Crippen molar-refractivity contribution in [3.05, 3.63) is 46.7 Å². The van der Waals surface area contributed by atoms with Crippen LogP contribution in [-0.2, 0) is 26.6 Å². The SMILES string of the molecule is COC(=O)c1cc(S(=O)(=O)N2CCC[C@H]2C(=O)Nc2cccc(Cl)c2C)cn1C. The minimum absolute atomic E-state index is 0.0564. The quantitative estimate of drug-likeness (QED) is 0.722. The van der Waals surface area contributed by atoms with Crippen molar-refractivity contribution in [1.82, 2.24) is 8.87 Å². The molecule has 1 aliphatic heterocycles. The highest BCUT2D eigenvalue weighted by molar-refractivity contribution is 7.89. The van der Waals surface area contributed by atoms with E-state index in [1.807, 2.05) is 0 Å². The predicted octanol–water partition coefficient (Wildman–Crippen LogP) is 2.57. The largest absolute Gasteiger partial charge is 0.464 e. The molecule has 2 aromatic rings. The highest BCUT2D eigenvalue weighted by Crippen LogP contribution is 2.29. The normalized spacial score (nSPS) is 17.3. The Bertz CT molecular complexity index is 1060. The molecule has 1 aromatic carbocycles. The zero-order valence-electron chi connectivity index (χ0n) is 16.3. The zero-order chi connectivity index (χ0) is 21.3. The summed E-state index contributed by atoms with van der Waals surface area (Å²) in [5, 5.41) is 3.29. The van der Waals surface area contributed by atoms with Crippen molar-refractivity contribution < 1.29 is 22.7 Å². The number of anilines is 1. The number of methoxy groups -OCH3 is 1. The average Bonchev–Trinajstić information content (AvgIpc) is 3.32. The number of ether oxygens (including phenoxy) is 1. The second kappa shape index (κ2) is 8.17. The molecule has 1 N–H and O–H groups in total. The summed E-state index contributed by atoms with van der Waals surface area (Å²) in [6, 6.07) is 5.56. The van der Waals surface area contributed by atoms with Crippen LogP contribution in [0.1, 0.15) is 28.9 Å². The van der Waals surface area contributed by atoms with Crippen LogP contribution in [0.4, 0.5) is 5.69 Å². The second-order valence-corrected chi connectivity index (χ2v) is 9.14. The fourth-order valence-electron chi connectivity index (χ4n) is 3.37. The Balaban J connectivity index is 1.87. The summed E-state index contributed by atoms with van der Waals surface area (Å²) in [5.74, 6) is -1.05. The molecule has 0 unspecified atom stereocenters. The third-order valence-electron chi connectivity index (χ3n) is 5.01. The Labute approximate surface area is 174 Å². The standard InChI is InChI=1S/C19H22ClN3O5S/c1-12-14(20)6-4-7-15(12)21-18(24)16-8-5-9-23(16)29(26,27)13-10-17(19(25)28-3)22(2)11-13/h4,6-7,10-11,16H,5,8-9H2,1-3H3,(H,21,24)/t16-/m0/s1. The third kappa shape index (κ3) is 4.03. The number of halogens is 1. The van der Waals surface area contributed by atoms with Crippen molar-refractivity contribution in [1.29, 1.82) is 0 Å². The molecule has 8 nitrogen and oxygen atoms in total. The first kappa shape index (κ1) is 21.4. The zero-order valence-corrected chi connectivity index (χ0v) is 17.9. The van der Waals surface area contributed by atoms with E-state index in [0.29, 0.717) is 29.1 Å². The second-order valence-electron chi connectivity index (χ2n) is 6.84. The van der Waals surface area contributed by atoms with Crippen LogP contribution < -0.4 is 5.32 Å². The molecule has 0 spiro atoms. The lowest BCUT2D eigenvalue weighted by molar-refractivity contribution is -0.119. The van der Waals surface area contributed by atoms with E-state index >= 15 is 0 Å². The van der Waals surface area contributed by atoms with Crippen LogP contribution in [0.3, 0.4) is 0 Å². The summed E-state index contributed by atoms with van der Waals surface area (Å²) in [7, 11) is -1.19. The molecule has 0 aliphatic carbocycles. The number of rotatable bonds is 5. The first-order valence-corrected chi connectivity index (χ1v) is 10.8. The number of nitrogens with zero attached hydrogens (tertiary/aromatic N) is 2. The van der Waals surface area contributed by atoms with Gasteiger partial charge in [-0.25, -0.2) is 13.2 Å². The van der Waals surface area contributed by atoms with E-state index in [1.54, 1.807) is 32.2 Å². The molecule has 1 aromatic heterocycles. The number of esters is 1. The van der Waals surface area contributed by atoms with Gasteiger partial charge >= 0.3 is 5.97 Å². The van der Waals surface area contributed by atoms with Gasteiger partial charge in [-0.3, -0.25) is 4.79 Å². The van der Waals surface area contributed by atoms with Crippen LogP contribution in [0.25, 0.3) is 0 Å². The molecule has 0 radical (unpaired) electrons. The number of aryl methyl sites for hydroxylation is 1. The Morgan fingerprint density at radius 1 is 1.31 bits per heavy atom. The van der Waals surface area contributed by atoms with Gasteiger partial charge in [0.25, 0.3) is 0 Å². The molecule has 0 saturated carbocycles. The molecule has 1 atom stereocenters. The van der Waals surface area contributed by atoms with Gasteiger partial charge in [0.05, 0.1) is 7.11 Å². The van der Waals surface area contributed by atoms with Crippen molar-refractivity contribution in [2.24, 2.45) is 7.05 Å². The summed E-state index contributed by atoms with van der Waals surface area (Å²) in [5.41, 5.74) is 1.36. The van der Waals surface area contributed by atoms with Gasteiger partial charge in [0.15, 0.2) is 0 Å². The van der Waals surface area contributed by atoms with Crippen molar-refractivity contribution in [3.8, 4) is 0 Å². The maximum Gasteiger partial charge on any atom is 0.354 e. The van der Waals surface area contributed by atoms with Gasteiger partial charge in [-0.1, -0.05) is 17.7 Å². The number of nitrogens with one attached hydrogen (secondary N) is 1. The third-order valence-corrected chi connectivity index (χ3v) is 7.30. The average molecular weight is 440 g/mol. The van der Waals surface area contributed by atoms with Crippen LogP contribution in [0.5, 0.6) is 0 Å². The Morgan fingerprint density at radius 2 is 2.03 bits per heavy atom. The van der Waals surface area contributed by atoms with Crippen molar-refractivity contribution in [2.75, 3.05) is 19.0 Å².